The highest BCUT2D eigenvalue weighted by atomic mass is 16.5. The molecule has 114 valence electrons. The molecule has 1 aliphatic rings. The van der Waals surface area contributed by atoms with E-state index >= 15 is 0 Å². The van der Waals surface area contributed by atoms with Gasteiger partial charge in [0.05, 0.1) is 25.8 Å². The van der Waals surface area contributed by atoms with E-state index in [0.29, 0.717) is 24.6 Å². The van der Waals surface area contributed by atoms with Crippen molar-refractivity contribution in [2.75, 3.05) is 18.5 Å². The molecule has 2 heterocycles. The fraction of sp³-hybridized carbons (Fsp3) is 0.294. The predicted molar refractivity (Wildman–Crippen MR) is 82.9 cm³/mol. The number of carbonyl (C=O) groups is 1. The summed E-state index contributed by atoms with van der Waals surface area (Å²) >= 11 is 0. The molecule has 1 atom stereocenters. The summed E-state index contributed by atoms with van der Waals surface area (Å²) in [4.78, 5) is 16.2. The van der Waals surface area contributed by atoms with Crippen LogP contribution in [0.4, 0.5) is 5.82 Å². The van der Waals surface area contributed by atoms with Gasteiger partial charge >= 0.3 is 0 Å². The van der Waals surface area contributed by atoms with E-state index in [1.54, 1.807) is 12.3 Å². The van der Waals surface area contributed by atoms with Crippen LogP contribution >= 0.6 is 0 Å². The van der Waals surface area contributed by atoms with Gasteiger partial charge in [0.25, 0.3) is 0 Å². The third-order valence-corrected chi connectivity index (χ3v) is 3.40. The van der Waals surface area contributed by atoms with Crippen molar-refractivity contribution in [3.8, 4) is 5.75 Å². The molecule has 1 aromatic heterocycles. The quantitative estimate of drug-likeness (QED) is 0.921. The van der Waals surface area contributed by atoms with Gasteiger partial charge in [-0.25, -0.2) is 4.98 Å². The van der Waals surface area contributed by atoms with Crippen LogP contribution in [0.25, 0.3) is 0 Å². The highest BCUT2D eigenvalue weighted by Crippen LogP contribution is 2.17. The van der Waals surface area contributed by atoms with Crippen LogP contribution in [0.2, 0.25) is 0 Å². The number of benzene rings is 1. The van der Waals surface area contributed by atoms with Crippen LogP contribution in [0, 0.1) is 0 Å². The van der Waals surface area contributed by atoms with Gasteiger partial charge in [-0.15, -0.1) is 0 Å². The van der Waals surface area contributed by atoms with Crippen LogP contribution in [0.3, 0.4) is 0 Å². The van der Waals surface area contributed by atoms with E-state index in [1.165, 1.54) is 0 Å². The van der Waals surface area contributed by atoms with Gasteiger partial charge in [-0.2, -0.15) is 0 Å². The molecule has 0 bridgehead atoms. The first kappa shape index (κ1) is 14.5. The molecule has 0 saturated carbocycles. The van der Waals surface area contributed by atoms with Crippen LogP contribution in [0.1, 0.15) is 12.0 Å². The first-order valence-electron chi connectivity index (χ1n) is 7.34. The zero-order valence-corrected chi connectivity index (χ0v) is 12.2. The second kappa shape index (κ2) is 7.04. The Morgan fingerprint density at radius 3 is 2.82 bits per heavy atom. The van der Waals surface area contributed by atoms with E-state index in [1.807, 2.05) is 36.4 Å². The fourth-order valence-corrected chi connectivity index (χ4v) is 2.29. The van der Waals surface area contributed by atoms with Crippen LogP contribution in [0.15, 0.2) is 48.7 Å². The first-order chi connectivity index (χ1) is 10.8. The largest absolute Gasteiger partial charge is 0.486 e. The number of pyridine rings is 1. The lowest BCUT2D eigenvalue weighted by Crippen LogP contribution is -2.17. The minimum Gasteiger partial charge on any atom is -0.486 e. The molecular formula is C17H18N2O3. The number of ether oxygens (including phenoxy) is 2. The second-order valence-corrected chi connectivity index (χ2v) is 5.19. The smallest absolute Gasteiger partial charge is 0.229 e. The van der Waals surface area contributed by atoms with Crippen molar-refractivity contribution >= 4 is 11.7 Å². The summed E-state index contributed by atoms with van der Waals surface area (Å²) < 4.78 is 11.0. The second-order valence-electron chi connectivity index (χ2n) is 5.19. The van der Waals surface area contributed by atoms with E-state index in [0.717, 1.165) is 18.6 Å². The Balaban J connectivity index is 1.53. The summed E-state index contributed by atoms with van der Waals surface area (Å²) in [5.41, 5.74) is 0.973. The summed E-state index contributed by atoms with van der Waals surface area (Å²) in [5.74, 6) is 1.13. The number of amides is 1. The molecule has 2 aromatic rings. The molecule has 22 heavy (non-hydrogen) atoms. The SMILES string of the molecule is O=C(Cc1ccccc1)Nc1ccc(OC2CCOC2)cn1. The molecule has 0 aliphatic carbocycles. The van der Waals surface area contributed by atoms with Crippen LogP contribution in [0.5, 0.6) is 5.75 Å². The molecule has 1 aromatic carbocycles. The zero-order chi connectivity index (χ0) is 15.2. The monoisotopic (exact) mass is 298 g/mol. The Morgan fingerprint density at radius 2 is 2.14 bits per heavy atom. The van der Waals surface area contributed by atoms with Gasteiger partial charge in [0.1, 0.15) is 17.7 Å². The van der Waals surface area contributed by atoms with Crippen molar-refractivity contribution in [2.45, 2.75) is 18.9 Å². The summed E-state index contributed by atoms with van der Waals surface area (Å²) in [7, 11) is 0. The van der Waals surface area contributed by atoms with Crippen molar-refractivity contribution in [3.05, 3.63) is 54.2 Å². The summed E-state index contributed by atoms with van der Waals surface area (Å²) in [6.07, 6.45) is 2.95. The Hall–Kier alpha value is -2.40. The topological polar surface area (TPSA) is 60.5 Å². The van der Waals surface area contributed by atoms with Gasteiger partial charge in [-0.3, -0.25) is 4.79 Å². The standard InChI is InChI=1S/C17H18N2O3/c20-17(10-13-4-2-1-3-5-13)19-16-7-6-14(11-18-16)22-15-8-9-21-12-15/h1-7,11,15H,8-10,12H2,(H,18,19,20). The summed E-state index contributed by atoms with van der Waals surface area (Å²) in [6, 6.07) is 13.2. The Morgan fingerprint density at radius 1 is 1.27 bits per heavy atom. The maximum atomic E-state index is 11.9. The van der Waals surface area contributed by atoms with Crippen LogP contribution in [-0.4, -0.2) is 30.2 Å². The van der Waals surface area contributed by atoms with E-state index < -0.39 is 0 Å². The van der Waals surface area contributed by atoms with Gasteiger partial charge < -0.3 is 14.8 Å². The van der Waals surface area contributed by atoms with Gasteiger partial charge in [-0.05, 0) is 17.7 Å². The van der Waals surface area contributed by atoms with Crippen molar-refractivity contribution < 1.29 is 14.3 Å². The molecule has 1 aliphatic heterocycles. The first-order valence-corrected chi connectivity index (χ1v) is 7.34. The van der Waals surface area contributed by atoms with Crippen LogP contribution in [-0.2, 0) is 16.0 Å². The Labute approximate surface area is 129 Å². The van der Waals surface area contributed by atoms with E-state index in [2.05, 4.69) is 10.3 Å². The van der Waals surface area contributed by atoms with Crippen molar-refractivity contribution in [1.29, 1.82) is 0 Å². The number of nitrogens with one attached hydrogen (secondary N) is 1. The maximum absolute atomic E-state index is 11.9. The number of aromatic nitrogens is 1. The minimum absolute atomic E-state index is 0.0865. The average molecular weight is 298 g/mol. The lowest BCUT2D eigenvalue weighted by Gasteiger charge is -2.11. The molecule has 1 saturated heterocycles. The number of anilines is 1. The van der Waals surface area contributed by atoms with Gasteiger partial charge in [0, 0.05) is 6.42 Å². The highest BCUT2D eigenvalue weighted by molar-refractivity contribution is 5.91. The average Bonchev–Trinajstić information content (AvgIpc) is 3.03. The third kappa shape index (κ3) is 4.05. The van der Waals surface area contributed by atoms with E-state index in [4.69, 9.17) is 9.47 Å². The molecule has 0 spiro atoms. The van der Waals surface area contributed by atoms with E-state index in [9.17, 15) is 4.79 Å². The van der Waals surface area contributed by atoms with Crippen molar-refractivity contribution in [1.82, 2.24) is 4.98 Å². The van der Waals surface area contributed by atoms with Crippen molar-refractivity contribution in [2.24, 2.45) is 0 Å². The molecule has 1 unspecified atom stereocenters. The maximum Gasteiger partial charge on any atom is 0.229 e. The number of rotatable bonds is 5. The Kier molecular flexibility index (Phi) is 4.65. The lowest BCUT2D eigenvalue weighted by molar-refractivity contribution is -0.115. The molecule has 1 N–H and O–H groups in total. The fourth-order valence-electron chi connectivity index (χ4n) is 2.29. The summed E-state index contributed by atoms with van der Waals surface area (Å²) in [5, 5.41) is 2.78. The van der Waals surface area contributed by atoms with E-state index in [-0.39, 0.29) is 12.0 Å². The lowest BCUT2D eigenvalue weighted by atomic mass is 10.1. The normalized spacial score (nSPS) is 17.2. The number of hydrogen-bond donors (Lipinski definition) is 1. The molecule has 3 rings (SSSR count). The predicted octanol–water partition coefficient (Wildman–Crippen LogP) is 2.43. The molecule has 1 fully saturated rings. The van der Waals surface area contributed by atoms with Gasteiger partial charge in [0.15, 0.2) is 0 Å². The van der Waals surface area contributed by atoms with Gasteiger partial charge in [0.2, 0.25) is 5.91 Å². The minimum atomic E-state index is -0.0865. The molecular weight excluding hydrogens is 280 g/mol. The summed E-state index contributed by atoms with van der Waals surface area (Å²) in [6.45, 7) is 1.36. The molecule has 5 heteroatoms. The number of hydrogen-bond acceptors (Lipinski definition) is 4. The third-order valence-electron chi connectivity index (χ3n) is 3.40. The molecule has 1 amide bonds. The molecule has 0 radical (unpaired) electrons. The van der Waals surface area contributed by atoms with Gasteiger partial charge in [-0.1, -0.05) is 30.3 Å². The number of carbonyl (C=O) groups excluding carboxylic acids is 1. The van der Waals surface area contributed by atoms with Crippen molar-refractivity contribution in [3.63, 3.8) is 0 Å². The Bertz CT molecular complexity index is 608. The number of nitrogens with zero attached hydrogens (tertiary/aromatic N) is 1. The highest BCUT2D eigenvalue weighted by Gasteiger charge is 2.17. The zero-order valence-electron chi connectivity index (χ0n) is 12.2. The van der Waals surface area contributed by atoms with Crippen LogP contribution < -0.4 is 10.1 Å². The molecule has 5 nitrogen and oxygen atoms in total.